The van der Waals surface area contributed by atoms with E-state index in [1.165, 1.54) is 30.3 Å². The standard InChI is InChI=1S/C16H11N3O7S2/c17-10-5-6-11-9(7-10)8-14(28(24,25)26)15(16(11)20)19-18-12-3-1-2-4-13(12)27(21,22)23/h1-8,20H,(H,21,22,23)(H,24,25,26)/b19-18+. The highest BCUT2D eigenvalue weighted by Crippen LogP contribution is 2.42. The Hall–Kier alpha value is -3.06. The molecule has 144 valence electrons. The van der Waals surface area contributed by atoms with E-state index in [4.69, 9.17) is 0 Å². The number of phenolic OH excluding ortho intramolecular Hbond substituents is 1. The van der Waals surface area contributed by atoms with Crippen LogP contribution in [0.1, 0.15) is 0 Å². The van der Waals surface area contributed by atoms with Gasteiger partial charge in [-0.2, -0.15) is 22.6 Å². The molecule has 0 heterocycles. The molecule has 12 heteroatoms. The molecule has 0 bridgehead atoms. The van der Waals surface area contributed by atoms with Gasteiger partial charge in [0, 0.05) is 5.39 Å². The van der Waals surface area contributed by atoms with Crippen LogP contribution in [0, 0.1) is 0 Å². The minimum atomic E-state index is -4.87. The molecule has 0 spiro atoms. The molecule has 0 atom stereocenters. The smallest absolute Gasteiger partial charge is 0.296 e. The monoisotopic (exact) mass is 421 g/mol. The second-order valence-electron chi connectivity index (χ2n) is 5.60. The Morgan fingerprint density at radius 2 is 1.46 bits per heavy atom. The molecule has 0 aliphatic carbocycles. The van der Waals surface area contributed by atoms with Crippen molar-refractivity contribution in [3.63, 3.8) is 0 Å². The Morgan fingerprint density at radius 3 is 2.11 bits per heavy atom. The maximum atomic E-state index is 11.7. The number of hydrogen-bond donors (Lipinski definition) is 3. The van der Waals surface area contributed by atoms with Gasteiger partial charge in [0.15, 0.2) is 5.75 Å². The molecule has 3 aromatic rings. The first-order valence-electron chi connectivity index (χ1n) is 7.43. The summed E-state index contributed by atoms with van der Waals surface area (Å²) in [7, 11) is -9.50. The lowest BCUT2D eigenvalue weighted by atomic mass is 10.1. The fraction of sp³-hybridized carbons (Fsp3) is 0. The van der Waals surface area contributed by atoms with Crippen LogP contribution >= 0.6 is 0 Å². The van der Waals surface area contributed by atoms with Crippen LogP contribution in [-0.4, -0.2) is 31.0 Å². The van der Waals surface area contributed by atoms with Gasteiger partial charge in [-0.1, -0.05) is 12.1 Å². The van der Waals surface area contributed by atoms with Gasteiger partial charge in [0.05, 0.1) is 5.69 Å². The molecule has 0 aliphatic heterocycles. The predicted molar refractivity (Wildman–Crippen MR) is 97.7 cm³/mol. The summed E-state index contributed by atoms with van der Waals surface area (Å²) in [6, 6.07) is 9.63. The molecule has 0 aliphatic rings. The van der Waals surface area contributed by atoms with E-state index >= 15 is 0 Å². The Balaban J connectivity index is 2.28. The highest BCUT2D eigenvalue weighted by Gasteiger charge is 2.22. The minimum Gasteiger partial charge on any atom is -0.505 e. The molecular formula is C16H11N3O7S2. The average molecular weight is 421 g/mol. The third-order valence-corrected chi connectivity index (χ3v) is 5.48. The maximum Gasteiger partial charge on any atom is 0.296 e. The molecule has 0 saturated heterocycles. The van der Waals surface area contributed by atoms with Crippen molar-refractivity contribution in [3.8, 4) is 5.75 Å². The molecule has 0 fully saturated rings. The summed E-state index contributed by atoms with van der Waals surface area (Å²) in [5.41, 5.74) is 8.35. The molecule has 0 unspecified atom stereocenters. The van der Waals surface area contributed by atoms with Crippen LogP contribution in [-0.2, 0) is 20.2 Å². The van der Waals surface area contributed by atoms with Crippen LogP contribution in [0.25, 0.3) is 10.8 Å². The normalized spacial score (nSPS) is 12.6. The lowest BCUT2D eigenvalue weighted by Crippen LogP contribution is -1.99. The van der Waals surface area contributed by atoms with Crippen LogP contribution in [0.2, 0.25) is 0 Å². The second kappa shape index (κ2) is 6.83. The van der Waals surface area contributed by atoms with Crippen LogP contribution in [0.15, 0.2) is 68.6 Å². The quantitative estimate of drug-likeness (QED) is 0.428. The topological polar surface area (TPSA) is 176 Å². The van der Waals surface area contributed by atoms with E-state index in [-0.39, 0.29) is 22.1 Å². The molecule has 3 aromatic carbocycles. The van der Waals surface area contributed by atoms with Gasteiger partial charge in [0.2, 0.25) is 0 Å². The van der Waals surface area contributed by atoms with E-state index in [9.17, 15) is 36.8 Å². The summed E-state index contributed by atoms with van der Waals surface area (Å²) >= 11 is 0. The minimum absolute atomic E-state index is 0.0993. The van der Waals surface area contributed by atoms with Gasteiger partial charge in [-0.15, -0.1) is 10.2 Å². The van der Waals surface area contributed by atoms with Gasteiger partial charge in [-0.05, 0) is 41.8 Å². The molecule has 3 N–H and O–H groups in total. The number of azo groups is 1. The zero-order valence-electron chi connectivity index (χ0n) is 13.8. The van der Waals surface area contributed by atoms with Gasteiger partial charge < -0.3 is 5.11 Å². The zero-order chi connectivity index (χ0) is 20.7. The number of hydrogen-bond acceptors (Lipinski definition) is 7. The van der Waals surface area contributed by atoms with Crippen LogP contribution in [0.3, 0.4) is 0 Å². The number of phenols is 1. The van der Waals surface area contributed by atoms with Gasteiger partial charge >= 0.3 is 0 Å². The molecular weight excluding hydrogens is 410 g/mol. The van der Waals surface area contributed by atoms with Crippen molar-refractivity contribution < 1.29 is 31.0 Å². The molecule has 0 aromatic heterocycles. The van der Waals surface area contributed by atoms with Crippen molar-refractivity contribution in [1.29, 1.82) is 0 Å². The highest BCUT2D eigenvalue weighted by atomic mass is 32.2. The van der Waals surface area contributed by atoms with E-state index in [1.54, 1.807) is 0 Å². The number of nitrogens with zero attached hydrogens (tertiary/aromatic N) is 3. The fourth-order valence-electron chi connectivity index (χ4n) is 2.49. The van der Waals surface area contributed by atoms with E-state index in [1.807, 2.05) is 0 Å². The van der Waals surface area contributed by atoms with E-state index in [0.29, 0.717) is 0 Å². The number of rotatable bonds is 4. The number of aromatic hydroxyl groups is 1. The summed E-state index contributed by atoms with van der Waals surface area (Å²) in [6.07, 6.45) is 0. The fourth-order valence-corrected chi connectivity index (χ4v) is 3.78. The van der Waals surface area contributed by atoms with Crippen LogP contribution in [0.5, 0.6) is 5.75 Å². The van der Waals surface area contributed by atoms with Crippen molar-refractivity contribution in [2.45, 2.75) is 9.79 Å². The Labute approximate surface area is 159 Å². The zero-order valence-corrected chi connectivity index (χ0v) is 15.4. The van der Waals surface area contributed by atoms with E-state index in [2.05, 4.69) is 10.2 Å². The first-order chi connectivity index (χ1) is 13.0. The first-order valence-corrected chi connectivity index (χ1v) is 10.3. The van der Waals surface area contributed by atoms with E-state index < -0.39 is 41.5 Å². The molecule has 0 saturated carbocycles. The third kappa shape index (κ3) is 3.80. The van der Waals surface area contributed by atoms with E-state index in [0.717, 1.165) is 18.2 Å². The summed E-state index contributed by atoms with van der Waals surface area (Å²) in [5, 5.41) is 17.8. The molecule has 2 radical (unpaired) electrons. The van der Waals surface area contributed by atoms with Crippen molar-refractivity contribution in [1.82, 2.24) is 5.73 Å². The lowest BCUT2D eigenvalue weighted by Gasteiger charge is -2.09. The summed E-state index contributed by atoms with van der Waals surface area (Å²) in [6.45, 7) is 0. The number of fused-ring (bicyclic) bond motifs is 1. The van der Waals surface area contributed by atoms with Crippen LogP contribution in [0.4, 0.5) is 17.1 Å². The number of benzene rings is 3. The Morgan fingerprint density at radius 1 is 0.821 bits per heavy atom. The largest absolute Gasteiger partial charge is 0.505 e. The second-order valence-corrected chi connectivity index (χ2v) is 8.38. The van der Waals surface area contributed by atoms with Crippen molar-refractivity contribution in [2.24, 2.45) is 10.2 Å². The average Bonchev–Trinajstić information content (AvgIpc) is 2.59. The third-order valence-electron chi connectivity index (χ3n) is 3.71. The summed E-state index contributed by atoms with van der Waals surface area (Å²) in [4.78, 5) is -1.39. The van der Waals surface area contributed by atoms with Gasteiger partial charge in [-0.25, -0.2) is 0 Å². The molecule has 3 rings (SSSR count). The van der Waals surface area contributed by atoms with Gasteiger partial charge in [-0.3, -0.25) is 9.11 Å². The highest BCUT2D eigenvalue weighted by molar-refractivity contribution is 7.86. The van der Waals surface area contributed by atoms with Crippen molar-refractivity contribution in [2.75, 3.05) is 0 Å². The lowest BCUT2D eigenvalue weighted by molar-refractivity contribution is 0.472. The SMILES string of the molecule is [N]c1ccc2c(O)c(/N=N/c3ccccc3S(=O)(=O)O)c(S(=O)(=O)O)cc2c1. The Bertz CT molecular complexity index is 1330. The Kier molecular flexibility index (Phi) is 4.81. The van der Waals surface area contributed by atoms with Crippen molar-refractivity contribution in [3.05, 3.63) is 48.5 Å². The molecule has 0 amide bonds. The predicted octanol–water partition coefficient (Wildman–Crippen LogP) is 3.15. The molecule has 28 heavy (non-hydrogen) atoms. The van der Waals surface area contributed by atoms with Gasteiger partial charge in [0.1, 0.15) is 21.2 Å². The summed E-state index contributed by atoms with van der Waals surface area (Å²) in [5.74, 6) is -0.668. The van der Waals surface area contributed by atoms with Gasteiger partial charge in [0.25, 0.3) is 20.2 Å². The summed E-state index contributed by atoms with van der Waals surface area (Å²) < 4.78 is 65.0. The van der Waals surface area contributed by atoms with Crippen molar-refractivity contribution >= 4 is 48.1 Å². The van der Waals surface area contributed by atoms with Crippen LogP contribution < -0.4 is 5.73 Å². The first kappa shape index (κ1) is 19.7. The molecule has 10 nitrogen and oxygen atoms in total. The maximum absolute atomic E-state index is 11.7.